The molecule has 1 rings (SSSR count). The Kier molecular flexibility index (Phi) is 2.74. The van der Waals surface area contributed by atoms with E-state index in [1.165, 1.54) is 0 Å². The van der Waals surface area contributed by atoms with Crippen molar-refractivity contribution in [2.24, 2.45) is 5.10 Å². The first-order valence-electron chi connectivity index (χ1n) is 3.26. The first-order valence-corrected chi connectivity index (χ1v) is 4.20. The number of hydrogen-bond acceptors (Lipinski definition) is 4. The van der Waals surface area contributed by atoms with Gasteiger partial charge in [-0.1, -0.05) is 6.92 Å². The first-order chi connectivity index (χ1) is 4.86. The molecule has 0 spiro atoms. The van der Waals surface area contributed by atoms with Crippen LogP contribution in [-0.2, 0) is 4.79 Å². The summed E-state index contributed by atoms with van der Waals surface area (Å²) >= 11 is 1.60. The number of nitrogens with one attached hydrogen (secondary N) is 1. The van der Waals surface area contributed by atoms with Crippen LogP contribution in [0.15, 0.2) is 5.10 Å². The number of carbonyl (C=O) groups is 1. The number of carbonyl (C=O) groups excluding carboxylic acids is 1. The second-order valence-corrected chi connectivity index (χ2v) is 3.43. The molecule has 0 aromatic carbocycles. The standard InChI is InChI=1S/C6H10N2OS/c1-2-5-3-7-8-6(4-9)10-5/h3-6,8H,2H2,1H3. The summed E-state index contributed by atoms with van der Waals surface area (Å²) in [6.45, 7) is 2.08. The maximum atomic E-state index is 10.3. The summed E-state index contributed by atoms with van der Waals surface area (Å²) in [5.41, 5.74) is 2.70. The van der Waals surface area contributed by atoms with Crippen molar-refractivity contribution in [1.29, 1.82) is 0 Å². The van der Waals surface area contributed by atoms with Crippen LogP contribution < -0.4 is 5.43 Å². The summed E-state index contributed by atoms with van der Waals surface area (Å²) in [4.78, 5) is 10.3. The number of hydrazone groups is 1. The molecule has 1 aliphatic rings. The predicted molar refractivity (Wildman–Crippen MR) is 43.1 cm³/mol. The van der Waals surface area contributed by atoms with Crippen molar-refractivity contribution in [3.8, 4) is 0 Å². The van der Waals surface area contributed by atoms with Gasteiger partial charge in [0, 0.05) is 11.5 Å². The van der Waals surface area contributed by atoms with Crippen LogP contribution in [0.3, 0.4) is 0 Å². The summed E-state index contributed by atoms with van der Waals surface area (Å²) in [5, 5.41) is 4.11. The monoisotopic (exact) mass is 158 g/mol. The lowest BCUT2D eigenvalue weighted by atomic mass is 10.4. The third-order valence-corrected chi connectivity index (χ3v) is 2.60. The van der Waals surface area contributed by atoms with Gasteiger partial charge in [-0.15, -0.1) is 11.8 Å². The third-order valence-electron chi connectivity index (χ3n) is 1.29. The molecular formula is C6H10N2OS. The van der Waals surface area contributed by atoms with E-state index in [0.717, 1.165) is 12.7 Å². The Hall–Kier alpha value is -0.510. The summed E-state index contributed by atoms with van der Waals surface area (Å²) in [7, 11) is 0. The normalized spacial score (nSPS) is 31.3. The van der Waals surface area contributed by atoms with Crippen molar-refractivity contribution in [1.82, 2.24) is 5.43 Å². The molecule has 3 nitrogen and oxygen atoms in total. The Labute approximate surface area is 64.3 Å². The van der Waals surface area contributed by atoms with Crippen molar-refractivity contribution >= 4 is 24.3 Å². The maximum Gasteiger partial charge on any atom is 0.154 e. The maximum absolute atomic E-state index is 10.3. The van der Waals surface area contributed by atoms with Crippen LogP contribution >= 0.6 is 11.8 Å². The molecule has 56 valence electrons. The van der Waals surface area contributed by atoms with Gasteiger partial charge in [0.2, 0.25) is 0 Å². The number of aldehydes is 1. The fourth-order valence-corrected chi connectivity index (χ4v) is 1.60. The van der Waals surface area contributed by atoms with Crippen LogP contribution in [0, 0.1) is 0 Å². The summed E-state index contributed by atoms with van der Waals surface area (Å²) in [6.07, 6.45) is 3.74. The lowest BCUT2D eigenvalue weighted by molar-refractivity contribution is -0.107. The molecule has 0 saturated carbocycles. The lowest BCUT2D eigenvalue weighted by Crippen LogP contribution is -2.30. The molecule has 1 heterocycles. The van der Waals surface area contributed by atoms with Gasteiger partial charge in [-0.2, -0.15) is 5.10 Å². The molecule has 0 aromatic heterocycles. The predicted octanol–water partition coefficient (Wildman–Crippen LogP) is 0.612. The quantitative estimate of drug-likeness (QED) is 0.599. The molecule has 0 aliphatic carbocycles. The van der Waals surface area contributed by atoms with E-state index in [1.807, 2.05) is 6.21 Å². The number of thioether (sulfide) groups is 1. The van der Waals surface area contributed by atoms with E-state index in [2.05, 4.69) is 17.5 Å². The third kappa shape index (κ3) is 1.73. The van der Waals surface area contributed by atoms with Gasteiger partial charge in [0.15, 0.2) is 6.29 Å². The fourth-order valence-electron chi connectivity index (χ4n) is 0.718. The van der Waals surface area contributed by atoms with Crippen LogP contribution in [0.4, 0.5) is 0 Å². The molecule has 4 heteroatoms. The Bertz CT molecular complexity index is 149. The van der Waals surface area contributed by atoms with E-state index in [-0.39, 0.29) is 5.37 Å². The van der Waals surface area contributed by atoms with Crippen LogP contribution in [-0.4, -0.2) is 23.1 Å². The van der Waals surface area contributed by atoms with Crippen LogP contribution in [0.2, 0.25) is 0 Å². The zero-order valence-corrected chi connectivity index (χ0v) is 6.60. The highest BCUT2D eigenvalue weighted by atomic mass is 32.2. The van der Waals surface area contributed by atoms with Crippen molar-refractivity contribution in [3.05, 3.63) is 0 Å². The Balaban J connectivity index is 2.45. The van der Waals surface area contributed by atoms with Crippen molar-refractivity contribution in [3.63, 3.8) is 0 Å². The SMILES string of the molecule is CCC1C=NNC(C=O)S1. The molecule has 0 amide bonds. The molecule has 2 unspecified atom stereocenters. The molecular weight excluding hydrogens is 148 g/mol. The van der Waals surface area contributed by atoms with Gasteiger partial charge in [0.05, 0.1) is 0 Å². The van der Waals surface area contributed by atoms with E-state index < -0.39 is 0 Å². The molecule has 10 heavy (non-hydrogen) atoms. The minimum absolute atomic E-state index is 0.144. The molecule has 0 radical (unpaired) electrons. The number of hydrogen-bond donors (Lipinski definition) is 1. The van der Waals surface area contributed by atoms with Gasteiger partial charge < -0.3 is 4.79 Å². The van der Waals surface area contributed by atoms with Crippen molar-refractivity contribution in [2.45, 2.75) is 24.0 Å². The van der Waals surface area contributed by atoms with Crippen LogP contribution in [0.1, 0.15) is 13.3 Å². The van der Waals surface area contributed by atoms with Gasteiger partial charge in [-0.05, 0) is 6.42 Å². The second-order valence-electron chi connectivity index (χ2n) is 2.05. The average Bonchev–Trinajstić information content (AvgIpc) is 2.05. The van der Waals surface area contributed by atoms with Gasteiger partial charge in [0.25, 0.3) is 0 Å². The zero-order chi connectivity index (χ0) is 7.40. The molecule has 0 fully saturated rings. The van der Waals surface area contributed by atoms with Crippen LogP contribution in [0.25, 0.3) is 0 Å². The largest absolute Gasteiger partial charge is 0.300 e. The van der Waals surface area contributed by atoms with Gasteiger partial charge in [-0.25, -0.2) is 0 Å². The minimum atomic E-state index is -0.144. The molecule has 1 N–H and O–H groups in total. The van der Waals surface area contributed by atoms with Crippen molar-refractivity contribution in [2.75, 3.05) is 0 Å². The summed E-state index contributed by atoms with van der Waals surface area (Å²) in [6, 6.07) is 0. The van der Waals surface area contributed by atoms with E-state index in [9.17, 15) is 4.79 Å². The van der Waals surface area contributed by atoms with Gasteiger partial charge in [0.1, 0.15) is 5.37 Å². The summed E-state index contributed by atoms with van der Waals surface area (Å²) < 4.78 is 0. The highest BCUT2D eigenvalue weighted by Crippen LogP contribution is 2.18. The smallest absolute Gasteiger partial charge is 0.154 e. The number of nitrogens with zero attached hydrogens (tertiary/aromatic N) is 1. The van der Waals surface area contributed by atoms with Gasteiger partial charge >= 0.3 is 0 Å². The molecule has 0 bridgehead atoms. The van der Waals surface area contributed by atoms with E-state index in [4.69, 9.17) is 0 Å². The van der Waals surface area contributed by atoms with E-state index in [1.54, 1.807) is 11.8 Å². The van der Waals surface area contributed by atoms with E-state index in [0.29, 0.717) is 5.25 Å². The highest BCUT2D eigenvalue weighted by molar-refractivity contribution is 8.01. The minimum Gasteiger partial charge on any atom is -0.300 e. The Morgan fingerprint density at radius 2 is 2.70 bits per heavy atom. The first kappa shape index (κ1) is 7.60. The molecule has 2 atom stereocenters. The Morgan fingerprint density at radius 1 is 1.90 bits per heavy atom. The summed E-state index contributed by atoms with van der Waals surface area (Å²) in [5.74, 6) is 0. The zero-order valence-electron chi connectivity index (χ0n) is 5.78. The topological polar surface area (TPSA) is 41.5 Å². The molecule has 0 saturated heterocycles. The molecule has 1 aliphatic heterocycles. The molecule has 0 aromatic rings. The van der Waals surface area contributed by atoms with Gasteiger partial charge in [-0.3, -0.25) is 5.43 Å². The average molecular weight is 158 g/mol. The van der Waals surface area contributed by atoms with E-state index >= 15 is 0 Å². The van der Waals surface area contributed by atoms with Crippen LogP contribution in [0.5, 0.6) is 0 Å². The second kappa shape index (κ2) is 3.61. The van der Waals surface area contributed by atoms with Crippen molar-refractivity contribution < 1.29 is 4.79 Å². The fraction of sp³-hybridized carbons (Fsp3) is 0.667. The Morgan fingerprint density at radius 3 is 3.30 bits per heavy atom. The highest BCUT2D eigenvalue weighted by Gasteiger charge is 2.15. The number of rotatable bonds is 2. The lowest BCUT2D eigenvalue weighted by Gasteiger charge is -2.19.